The molecule has 4 heteroatoms. The topological polar surface area (TPSA) is 41.0 Å². The van der Waals surface area contributed by atoms with E-state index in [0.717, 1.165) is 49.3 Å². The maximum Gasteiger partial charge on any atom is 0.150 e. The quantitative estimate of drug-likeness (QED) is 0.827. The van der Waals surface area contributed by atoms with Gasteiger partial charge in [0.1, 0.15) is 5.82 Å². The molecule has 1 aromatic heterocycles. The molecule has 1 N–H and O–H groups in total. The molecule has 106 valence electrons. The zero-order valence-electron chi connectivity index (χ0n) is 12.4. The Morgan fingerprint density at radius 2 is 2.26 bits per heavy atom. The van der Waals surface area contributed by atoms with Gasteiger partial charge in [0.05, 0.1) is 11.4 Å². The van der Waals surface area contributed by atoms with Crippen LogP contribution in [-0.2, 0) is 0 Å². The van der Waals surface area contributed by atoms with Crippen LogP contribution < -0.4 is 10.2 Å². The molecule has 1 unspecified atom stereocenters. The molecule has 1 saturated heterocycles. The molecule has 1 aromatic rings. The predicted molar refractivity (Wildman–Crippen MR) is 79.6 cm³/mol. The van der Waals surface area contributed by atoms with Gasteiger partial charge >= 0.3 is 0 Å². The lowest BCUT2D eigenvalue weighted by Crippen LogP contribution is -2.40. The molecule has 0 amide bonds. The second kappa shape index (κ2) is 6.85. The monoisotopic (exact) mass is 262 g/mol. The van der Waals surface area contributed by atoms with Gasteiger partial charge in [0, 0.05) is 19.3 Å². The Labute approximate surface area is 116 Å². The van der Waals surface area contributed by atoms with Crippen molar-refractivity contribution in [1.82, 2.24) is 15.3 Å². The summed E-state index contributed by atoms with van der Waals surface area (Å²) < 4.78 is 0. The molecule has 0 bridgehead atoms. The first-order valence-corrected chi connectivity index (χ1v) is 7.46. The summed E-state index contributed by atoms with van der Waals surface area (Å²) in [6, 6.07) is 0. The number of nitrogens with zero attached hydrogens (tertiary/aromatic N) is 3. The maximum atomic E-state index is 4.67. The van der Waals surface area contributed by atoms with Gasteiger partial charge in [-0.25, -0.2) is 4.98 Å². The van der Waals surface area contributed by atoms with Crippen LogP contribution in [0.25, 0.3) is 0 Å². The summed E-state index contributed by atoms with van der Waals surface area (Å²) in [6.07, 6.45) is 5.64. The van der Waals surface area contributed by atoms with Crippen molar-refractivity contribution in [2.75, 3.05) is 31.1 Å². The van der Waals surface area contributed by atoms with Crippen LogP contribution in [0.3, 0.4) is 0 Å². The number of piperidine rings is 1. The molecule has 1 fully saturated rings. The van der Waals surface area contributed by atoms with Crippen molar-refractivity contribution in [3.8, 4) is 0 Å². The second-order valence-corrected chi connectivity index (χ2v) is 5.58. The van der Waals surface area contributed by atoms with Gasteiger partial charge in [0.15, 0.2) is 0 Å². The van der Waals surface area contributed by atoms with Gasteiger partial charge in [-0.3, -0.25) is 4.98 Å². The van der Waals surface area contributed by atoms with Crippen LogP contribution in [0.5, 0.6) is 0 Å². The third-order valence-electron chi connectivity index (χ3n) is 3.73. The molecule has 2 heterocycles. The first-order valence-electron chi connectivity index (χ1n) is 7.46. The molecule has 2 rings (SSSR count). The molecular formula is C15H26N4. The molecule has 1 atom stereocenters. The van der Waals surface area contributed by atoms with Crippen LogP contribution in [0.2, 0.25) is 0 Å². The van der Waals surface area contributed by atoms with Crippen molar-refractivity contribution < 1.29 is 0 Å². The van der Waals surface area contributed by atoms with E-state index in [0.29, 0.717) is 0 Å². The molecule has 1 aliphatic heterocycles. The predicted octanol–water partition coefficient (Wildman–Crippen LogP) is 2.31. The first-order chi connectivity index (χ1) is 9.20. The summed E-state index contributed by atoms with van der Waals surface area (Å²) >= 11 is 0. The highest BCUT2D eigenvalue weighted by atomic mass is 15.2. The van der Waals surface area contributed by atoms with Gasteiger partial charge in [-0.05, 0) is 52.1 Å². The lowest BCUT2D eigenvalue weighted by molar-refractivity contribution is 0.390. The molecule has 0 aromatic carbocycles. The largest absolute Gasteiger partial charge is 0.355 e. The number of anilines is 1. The third-order valence-corrected chi connectivity index (χ3v) is 3.73. The molecule has 1 aliphatic rings. The molecule has 0 aliphatic carbocycles. The summed E-state index contributed by atoms with van der Waals surface area (Å²) in [7, 11) is 0. The Morgan fingerprint density at radius 1 is 1.42 bits per heavy atom. The average Bonchev–Trinajstić information content (AvgIpc) is 2.42. The Balaban J connectivity index is 1.98. The van der Waals surface area contributed by atoms with Crippen LogP contribution in [0.1, 0.15) is 37.6 Å². The van der Waals surface area contributed by atoms with E-state index < -0.39 is 0 Å². The molecule has 19 heavy (non-hydrogen) atoms. The number of hydrogen-bond donors (Lipinski definition) is 1. The van der Waals surface area contributed by atoms with Crippen molar-refractivity contribution in [3.63, 3.8) is 0 Å². The lowest BCUT2D eigenvalue weighted by atomic mass is 9.98. The van der Waals surface area contributed by atoms with Crippen molar-refractivity contribution in [2.45, 2.75) is 40.0 Å². The van der Waals surface area contributed by atoms with E-state index in [9.17, 15) is 0 Å². The summed E-state index contributed by atoms with van der Waals surface area (Å²) in [6.45, 7) is 10.8. The van der Waals surface area contributed by atoms with Crippen LogP contribution in [0, 0.1) is 19.8 Å². The number of aryl methyl sites for hydroxylation is 2. The van der Waals surface area contributed by atoms with E-state index in [4.69, 9.17) is 0 Å². The highest BCUT2D eigenvalue weighted by Gasteiger charge is 2.22. The van der Waals surface area contributed by atoms with Gasteiger partial charge in [-0.2, -0.15) is 0 Å². The fraction of sp³-hybridized carbons (Fsp3) is 0.733. The summed E-state index contributed by atoms with van der Waals surface area (Å²) in [5.74, 6) is 1.82. The summed E-state index contributed by atoms with van der Waals surface area (Å²) in [4.78, 5) is 11.5. The van der Waals surface area contributed by atoms with Crippen molar-refractivity contribution >= 4 is 5.82 Å². The van der Waals surface area contributed by atoms with E-state index in [1.54, 1.807) is 0 Å². The normalized spacial score (nSPS) is 19.7. The highest BCUT2D eigenvalue weighted by molar-refractivity contribution is 5.43. The minimum atomic E-state index is 0.738. The third kappa shape index (κ3) is 3.90. The fourth-order valence-corrected chi connectivity index (χ4v) is 2.73. The van der Waals surface area contributed by atoms with Crippen LogP contribution >= 0.6 is 0 Å². The zero-order chi connectivity index (χ0) is 13.7. The van der Waals surface area contributed by atoms with E-state index >= 15 is 0 Å². The lowest BCUT2D eigenvalue weighted by Gasteiger charge is -2.34. The zero-order valence-corrected chi connectivity index (χ0v) is 12.4. The van der Waals surface area contributed by atoms with Gasteiger partial charge < -0.3 is 10.2 Å². The van der Waals surface area contributed by atoms with Gasteiger partial charge in [-0.15, -0.1) is 0 Å². The molecule has 0 radical (unpaired) electrons. The van der Waals surface area contributed by atoms with E-state index in [2.05, 4.69) is 34.0 Å². The molecule has 0 saturated carbocycles. The van der Waals surface area contributed by atoms with Crippen molar-refractivity contribution in [3.05, 3.63) is 17.6 Å². The number of aromatic nitrogens is 2. The van der Waals surface area contributed by atoms with E-state index in [1.807, 2.05) is 13.1 Å². The van der Waals surface area contributed by atoms with Gasteiger partial charge in [-0.1, -0.05) is 6.92 Å². The molecule has 4 nitrogen and oxygen atoms in total. The van der Waals surface area contributed by atoms with Gasteiger partial charge in [0.25, 0.3) is 0 Å². The Kier molecular flexibility index (Phi) is 5.14. The fourth-order valence-electron chi connectivity index (χ4n) is 2.73. The van der Waals surface area contributed by atoms with Crippen LogP contribution in [0.15, 0.2) is 6.20 Å². The SMILES string of the molecule is CCCNCC1CCCN(c2nc(C)cnc2C)C1. The summed E-state index contributed by atoms with van der Waals surface area (Å²) in [5, 5.41) is 3.54. The van der Waals surface area contributed by atoms with E-state index in [-0.39, 0.29) is 0 Å². The van der Waals surface area contributed by atoms with Crippen LogP contribution in [0.4, 0.5) is 5.82 Å². The first kappa shape index (κ1) is 14.3. The standard InChI is InChI=1S/C15H26N4/c1-4-7-16-10-14-6-5-8-19(11-14)15-13(3)17-9-12(2)18-15/h9,14,16H,4-8,10-11H2,1-3H3. The highest BCUT2D eigenvalue weighted by Crippen LogP contribution is 2.23. The second-order valence-electron chi connectivity index (χ2n) is 5.58. The minimum Gasteiger partial charge on any atom is -0.355 e. The number of nitrogens with one attached hydrogen (secondary N) is 1. The molecular weight excluding hydrogens is 236 g/mol. The average molecular weight is 262 g/mol. The Morgan fingerprint density at radius 3 is 3.05 bits per heavy atom. The molecule has 0 spiro atoms. The minimum absolute atomic E-state index is 0.738. The summed E-state index contributed by atoms with van der Waals surface area (Å²) in [5.41, 5.74) is 2.06. The Bertz CT molecular complexity index is 405. The smallest absolute Gasteiger partial charge is 0.150 e. The number of rotatable bonds is 5. The Hall–Kier alpha value is -1.16. The maximum absolute atomic E-state index is 4.67. The number of hydrogen-bond acceptors (Lipinski definition) is 4. The van der Waals surface area contributed by atoms with Crippen molar-refractivity contribution in [2.24, 2.45) is 5.92 Å². The van der Waals surface area contributed by atoms with Crippen molar-refractivity contribution in [1.29, 1.82) is 0 Å². The van der Waals surface area contributed by atoms with E-state index in [1.165, 1.54) is 19.3 Å². The van der Waals surface area contributed by atoms with Crippen LogP contribution in [-0.4, -0.2) is 36.1 Å². The van der Waals surface area contributed by atoms with Gasteiger partial charge in [0.2, 0.25) is 0 Å².